The molecule has 2 rings (SSSR count). The van der Waals surface area contributed by atoms with Crippen LogP contribution < -0.4 is 5.32 Å². The van der Waals surface area contributed by atoms with Gasteiger partial charge in [0.1, 0.15) is 24.7 Å². The Hall–Kier alpha value is -3.10. The number of rotatable bonds is 11. The van der Waals surface area contributed by atoms with Gasteiger partial charge in [0.2, 0.25) is 11.8 Å². The van der Waals surface area contributed by atoms with Crippen LogP contribution in [-0.2, 0) is 25.7 Å². The monoisotopic (exact) mass is 475 g/mol. The average molecular weight is 476 g/mol. The van der Waals surface area contributed by atoms with Gasteiger partial charge < -0.3 is 20.1 Å². The molecule has 9 nitrogen and oxygen atoms in total. The number of nitrogens with zero attached hydrogens (tertiary/aromatic N) is 2. The fourth-order valence-electron chi connectivity index (χ4n) is 3.85. The van der Waals surface area contributed by atoms with Crippen LogP contribution in [0, 0.1) is 11.8 Å². The number of hydrogen-bond donors (Lipinski definition) is 2. The molecule has 0 aromatic heterocycles. The van der Waals surface area contributed by atoms with Gasteiger partial charge in [-0.2, -0.15) is 0 Å². The highest BCUT2D eigenvalue weighted by molar-refractivity contribution is 5.93. The van der Waals surface area contributed by atoms with E-state index in [1.807, 2.05) is 58.0 Å². The van der Waals surface area contributed by atoms with E-state index in [0.29, 0.717) is 25.8 Å². The van der Waals surface area contributed by atoms with Crippen LogP contribution >= 0.6 is 0 Å². The molecule has 1 aliphatic heterocycles. The van der Waals surface area contributed by atoms with Crippen molar-refractivity contribution in [3.8, 4) is 0 Å². The van der Waals surface area contributed by atoms with Crippen LogP contribution in [0.15, 0.2) is 30.3 Å². The molecule has 0 bridgehead atoms. The van der Waals surface area contributed by atoms with Gasteiger partial charge in [-0.3, -0.25) is 14.5 Å². The van der Waals surface area contributed by atoms with Crippen molar-refractivity contribution in [2.45, 2.75) is 71.7 Å². The first-order chi connectivity index (χ1) is 16.1. The molecule has 0 saturated carbocycles. The van der Waals surface area contributed by atoms with Crippen molar-refractivity contribution in [3.63, 3.8) is 0 Å². The summed E-state index contributed by atoms with van der Waals surface area (Å²) in [7, 11) is 1.51. The standard InChI is InChI=1S/C25H37N3O6/c1-6-17(4)21(23(30)28-13-12-19(28)24(31)32)26-22(29)20(14-16(2)3)27(5)25(33)34-15-18-10-8-7-9-11-18/h7-11,16-17,19-21H,6,12-15H2,1-5H3,(H,26,29)(H,31,32)/t17-,19-,20-,21-/m0/s1. The summed E-state index contributed by atoms with van der Waals surface area (Å²) in [6.45, 7) is 8.06. The highest BCUT2D eigenvalue weighted by atomic mass is 16.6. The Labute approximate surface area is 201 Å². The predicted octanol–water partition coefficient (Wildman–Crippen LogP) is 2.89. The molecule has 1 aliphatic rings. The van der Waals surface area contributed by atoms with E-state index in [4.69, 9.17) is 4.74 Å². The van der Waals surface area contributed by atoms with E-state index in [1.165, 1.54) is 16.8 Å². The molecule has 1 saturated heterocycles. The van der Waals surface area contributed by atoms with Crippen LogP contribution in [0.2, 0.25) is 0 Å². The second kappa shape index (κ2) is 12.4. The summed E-state index contributed by atoms with van der Waals surface area (Å²) in [5, 5.41) is 12.1. The molecule has 0 radical (unpaired) electrons. The van der Waals surface area contributed by atoms with E-state index in [2.05, 4.69) is 5.32 Å². The summed E-state index contributed by atoms with van der Waals surface area (Å²) in [5.74, 6) is -2.02. The first-order valence-electron chi connectivity index (χ1n) is 11.8. The zero-order valence-electron chi connectivity index (χ0n) is 20.7. The number of amides is 3. The largest absolute Gasteiger partial charge is 0.480 e. The molecule has 3 amide bonds. The molecule has 1 aromatic rings. The van der Waals surface area contributed by atoms with E-state index in [1.54, 1.807) is 0 Å². The van der Waals surface area contributed by atoms with Crippen LogP contribution in [0.4, 0.5) is 4.79 Å². The van der Waals surface area contributed by atoms with Gasteiger partial charge in [-0.15, -0.1) is 0 Å². The minimum Gasteiger partial charge on any atom is -0.480 e. The van der Waals surface area contributed by atoms with Crippen LogP contribution in [0.5, 0.6) is 0 Å². The third-order valence-corrected chi connectivity index (χ3v) is 6.32. The first kappa shape index (κ1) is 27.1. The second-order valence-corrected chi connectivity index (χ2v) is 9.34. The summed E-state index contributed by atoms with van der Waals surface area (Å²) in [6, 6.07) is 6.67. The molecular formula is C25H37N3O6. The van der Waals surface area contributed by atoms with Crippen molar-refractivity contribution >= 4 is 23.9 Å². The summed E-state index contributed by atoms with van der Waals surface area (Å²) in [5.41, 5.74) is 0.832. The Morgan fingerprint density at radius 2 is 1.82 bits per heavy atom. The van der Waals surface area contributed by atoms with Gasteiger partial charge in [0.05, 0.1) is 0 Å². The number of aliphatic carboxylic acids is 1. The molecule has 2 N–H and O–H groups in total. The van der Waals surface area contributed by atoms with Crippen LogP contribution in [0.25, 0.3) is 0 Å². The third kappa shape index (κ3) is 6.95. The number of carbonyl (C=O) groups excluding carboxylic acids is 3. The van der Waals surface area contributed by atoms with Gasteiger partial charge in [0.25, 0.3) is 0 Å². The predicted molar refractivity (Wildman–Crippen MR) is 127 cm³/mol. The zero-order chi connectivity index (χ0) is 25.4. The Morgan fingerprint density at radius 3 is 2.32 bits per heavy atom. The molecule has 1 heterocycles. The van der Waals surface area contributed by atoms with E-state index in [0.717, 1.165) is 5.56 Å². The van der Waals surface area contributed by atoms with E-state index in [9.17, 15) is 24.3 Å². The van der Waals surface area contributed by atoms with Crippen molar-refractivity contribution in [1.29, 1.82) is 0 Å². The number of benzene rings is 1. The van der Waals surface area contributed by atoms with Gasteiger partial charge in [0.15, 0.2) is 0 Å². The number of likely N-dealkylation sites (tertiary alicyclic amines) is 1. The van der Waals surface area contributed by atoms with Gasteiger partial charge in [-0.1, -0.05) is 64.4 Å². The molecule has 4 atom stereocenters. The molecule has 9 heteroatoms. The normalized spacial score (nSPS) is 17.8. The number of nitrogens with one attached hydrogen (secondary N) is 1. The van der Waals surface area contributed by atoms with Gasteiger partial charge >= 0.3 is 12.1 Å². The van der Waals surface area contributed by atoms with Crippen molar-refractivity contribution in [3.05, 3.63) is 35.9 Å². The maximum absolute atomic E-state index is 13.3. The number of carboxylic acid groups (broad SMARTS) is 1. The molecule has 188 valence electrons. The smallest absolute Gasteiger partial charge is 0.410 e. The number of carbonyl (C=O) groups is 4. The van der Waals surface area contributed by atoms with Gasteiger partial charge in [0, 0.05) is 13.6 Å². The third-order valence-electron chi connectivity index (χ3n) is 6.32. The van der Waals surface area contributed by atoms with E-state index < -0.39 is 42.0 Å². The summed E-state index contributed by atoms with van der Waals surface area (Å²) >= 11 is 0. The molecule has 0 aliphatic carbocycles. The Bertz CT molecular complexity index is 859. The van der Waals surface area contributed by atoms with Crippen LogP contribution in [0.1, 0.15) is 52.5 Å². The Kier molecular flexibility index (Phi) is 9.89. The van der Waals surface area contributed by atoms with Gasteiger partial charge in [-0.25, -0.2) is 9.59 Å². The zero-order valence-corrected chi connectivity index (χ0v) is 20.7. The lowest BCUT2D eigenvalue weighted by molar-refractivity contribution is -0.159. The van der Waals surface area contributed by atoms with Crippen molar-refractivity contribution < 1.29 is 29.0 Å². The molecule has 1 aromatic carbocycles. The second-order valence-electron chi connectivity index (χ2n) is 9.34. The fourth-order valence-corrected chi connectivity index (χ4v) is 3.85. The van der Waals surface area contributed by atoms with Crippen molar-refractivity contribution in [1.82, 2.24) is 15.1 Å². The fraction of sp³-hybridized carbons (Fsp3) is 0.600. The minimum absolute atomic E-state index is 0.0829. The first-order valence-corrected chi connectivity index (χ1v) is 11.8. The summed E-state index contributed by atoms with van der Waals surface area (Å²) < 4.78 is 5.40. The summed E-state index contributed by atoms with van der Waals surface area (Å²) in [4.78, 5) is 53.1. The maximum Gasteiger partial charge on any atom is 0.410 e. The Balaban J connectivity index is 2.13. The quantitative estimate of drug-likeness (QED) is 0.508. The number of ether oxygens (including phenoxy) is 1. The highest BCUT2D eigenvalue weighted by Crippen LogP contribution is 2.22. The highest BCUT2D eigenvalue weighted by Gasteiger charge is 2.42. The van der Waals surface area contributed by atoms with Crippen molar-refractivity contribution in [2.24, 2.45) is 11.8 Å². The Morgan fingerprint density at radius 1 is 1.18 bits per heavy atom. The number of hydrogen-bond acceptors (Lipinski definition) is 5. The molecule has 34 heavy (non-hydrogen) atoms. The average Bonchev–Trinajstić information content (AvgIpc) is 2.77. The van der Waals surface area contributed by atoms with Crippen LogP contribution in [-0.4, -0.2) is 70.5 Å². The molecule has 0 unspecified atom stereocenters. The van der Waals surface area contributed by atoms with E-state index >= 15 is 0 Å². The van der Waals surface area contributed by atoms with Crippen molar-refractivity contribution in [2.75, 3.05) is 13.6 Å². The molecule has 0 spiro atoms. The van der Waals surface area contributed by atoms with Crippen LogP contribution in [0.3, 0.4) is 0 Å². The van der Waals surface area contributed by atoms with E-state index in [-0.39, 0.29) is 18.4 Å². The van der Waals surface area contributed by atoms with Gasteiger partial charge in [-0.05, 0) is 30.2 Å². The lowest BCUT2D eigenvalue weighted by Gasteiger charge is -2.41. The lowest BCUT2D eigenvalue weighted by Crippen LogP contribution is -2.63. The molecular weight excluding hydrogens is 438 g/mol. The summed E-state index contributed by atoms with van der Waals surface area (Å²) in [6.07, 6.45) is 0.760. The maximum atomic E-state index is 13.3. The topological polar surface area (TPSA) is 116 Å². The number of carboxylic acids is 1. The lowest BCUT2D eigenvalue weighted by atomic mass is 9.93. The molecule has 1 fully saturated rings. The minimum atomic E-state index is -1.05. The number of likely N-dealkylation sites (N-methyl/N-ethyl adjacent to an activating group) is 1. The SMILES string of the molecule is CC[C@H](C)[C@H](NC(=O)[C@H](CC(C)C)N(C)C(=O)OCc1ccccc1)C(=O)N1CC[C@H]1C(=O)O.